The van der Waals surface area contributed by atoms with E-state index in [-0.39, 0.29) is 6.04 Å². The Labute approximate surface area is 127 Å². The summed E-state index contributed by atoms with van der Waals surface area (Å²) in [5.74, 6) is 6.76. The molecule has 0 saturated heterocycles. The molecular formula is C18H24N2O. The van der Waals surface area contributed by atoms with Crippen molar-refractivity contribution >= 4 is 0 Å². The molecule has 2 aromatic carbocycles. The monoisotopic (exact) mass is 284 g/mol. The number of hydrogen-bond acceptors (Lipinski definition) is 3. The van der Waals surface area contributed by atoms with Crippen LogP contribution in [0.25, 0.3) is 0 Å². The van der Waals surface area contributed by atoms with Crippen molar-refractivity contribution in [2.24, 2.45) is 5.84 Å². The molecule has 1 atom stereocenters. The number of hydrazine groups is 1. The number of nitrogens with two attached hydrogens (primary N) is 1. The lowest BCUT2D eigenvalue weighted by Gasteiger charge is -2.23. The van der Waals surface area contributed by atoms with Crippen LogP contribution in [0.1, 0.15) is 39.4 Å². The van der Waals surface area contributed by atoms with Crippen molar-refractivity contribution in [2.45, 2.75) is 33.7 Å². The summed E-state index contributed by atoms with van der Waals surface area (Å²) in [6.45, 7) is 8.41. The molecule has 3 nitrogen and oxygen atoms in total. The van der Waals surface area contributed by atoms with Gasteiger partial charge in [0.1, 0.15) is 5.75 Å². The van der Waals surface area contributed by atoms with E-state index in [2.05, 4.69) is 63.5 Å². The zero-order chi connectivity index (χ0) is 15.6. The third kappa shape index (κ3) is 2.80. The van der Waals surface area contributed by atoms with Gasteiger partial charge in [0.2, 0.25) is 0 Å². The Hall–Kier alpha value is -1.84. The van der Waals surface area contributed by atoms with Gasteiger partial charge in [-0.1, -0.05) is 30.3 Å². The third-order valence-electron chi connectivity index (χ3n) is 4.35. The summed E-state index contributed by atoms with van der Waals surface area (Å²) in [7, 11) is 1.71. The number of aryl methyl sites for hydroxylation is 2. The van der Waals surface area contributed by atoms with Gasteiger partial charge in [0, 0.05) is 5.56 Å². The minimum Gasteiger partial charge on any atom is -0.496 e. The molecule has 0 aliphatic rings. The molecule has 0 bridgehead atoms. The SMILES string of the molecule is COc1c(C(NN)c2cccc(C)c2C)ccc(C)c1C. The fourth-order valence-corrected chi connectivity index (χ4v) is 2.74. The molecule has 1 unspecified atom stereocenters. The lowest BCUT2D eigenvalue weighted by Crippen LogP contribution is -2.30. The maximum Gasteiger partial charge on any atom is 0.127 e. The molecular weight excluding hydrogens is 260 g/mol. The van der Waals surface area contributed by atoms with Gasteiger partial charge in [-0.15, -0.1) is 0 Å². The van der Waals surface area contributed by atoms with Crippen LogP contribution >= 0.6 is 0 Å². The van der Waals surface area contributed by atoms with E-state index in [9.17, 15) is 0 Å². The van der Waals surface area contributed by atoms with Crippen LogP contribution in [0, 0.1) is 27.7 Å². The summed E-state index contributed by atoms with van der Waals surface area (Å²) >= 11 is 0. The van der Waals surface area contributed by atoms with Crippen molar-refractivity contribution in [3.8, 4) is 5.75 Å². The maximum absolute atomic E-state index is 5.86. The van der Waals surface area contributed by atoms with E-state index in [0.717, 1.165) is 16.9 Å². The van der Waals surface area contributed by atoms with Gasteiger partial charge >= 0.3 is 0 Å². The van der Waals surface area contributed by atoms with Gasteiger partial charge in [-0.25, -0.2) is 5.43 Å². The number of nitrogens with one attached hydrogen (secondary N) is 1. The molecule has 0 amide bonds. The van der Waals surface area contributed by atoms with Crippen molar-refractivity contribution in [3.63, 3.8) is 0 Å². The maximum atomic E-state index is 5.86. The van der Waals surface area contributed by atoms with Crippen molar-refractivity contribution in [2.75, 3.05) is 7.11 Å². The topological polar surface area (TPSA) is 47.3 Å². The quantitative estimate of drug-likeness (QED) is 0.667. The number of ether oxygens (including phenoxy) is 1. The first-order valence-electron chi connectivity index (χ1n) is 7.17. The fraction of sp³-hybridized carbons (Fsp3) is 0.333. The van der Waals surface area contributed by atoms with E-state index < -0.39 is 0 Å². The van der Waals surface area contributed by atoms with Crippen LogP contribution in [-0.2, 0) is 0 Å². The Balaban J connectivity index is 2.62. The van der Waals surface area contributed by atoms with Crippen LogP contribution in [0.15, 0.2) is 30.3 Å². The van der Waals surface area contributed by atoms with Gasteiger partial charge < -0.3 is 4.74 Å². The molecule has 21 heavy (non-hydrogen) atoms. The zero-order valence-corrected chi connectivity index (χ0v) is 13.4. The van der Waals surface area contributed by atoms with Gasteiger partial charge in [0.25, 0.3) is 0 Å². The molecule has 0 aliphatic carbocycles. The predicted molar refractivity (Wildman–Crippen MR) is 87.6 cm³/mol. The van der Waals surface area contributed by atoms with Crippen LogP contribution in [0.4, 0.5) is 0 Å². The summed E-state index contributed by atoms with van der Waals surface area (Å²) in [6, 6.07) is 10.4. The number of hydrogen-bond donors (Lipinski definition) is 2. The van der Waals surface area contributed by atoms with Crippen LogP contribution < -0.4 is 16.0 Å². The van der Waals surface area contributed by atoms with E-state index in [1.165, 1.54) is 22.3 Å². The van der Waals surface area contributed by atoms with E-state index in [0.29, 0.717) is 0 Å². The Morgan fingerprint density at radius 3 is 2.19 bits per heavy atom. The number of methoxy groups -OCH3 is 1. The van der Waals surface area contributed by atoms with E-state index in [4.69, 9.17) is 10.6 Å². The second-order valence-electron chi connectivity index (χ2n) is 5.52. The van der Waals surface area contributed by atoms with Gasteiger partial charge in [0.05, 0.1) is 13.2 Å². The highest BCUT2D eigenvalue weighted by molar-refractivity contribution is 5.51. The van der Waals surface area contributed by atoms with Crippen molar-refractivity contribution in [1.82, 2.24) is 5.43 Å². The minimum atomic E-state index is -0.0841. The minimum absolute atomic E-state index is 0.0841. The largest absolute Gasteiger partial charge is 0.496 e. The summed E-state index contributed by atoms with van der Waals surface area (Å²) in [5.41, 5.74) is 10.1. The highest BCUT2D eigenvalue weighted by atomic mass is 16.5. The average molecular weight is 284 g/mol. The molecule has 0 aromatic heterocycles. The van der Waals surface area contributed by atoms with Crippen LogP contribution in [0.5, 0.6) is 5.75 Å². The van der Waals surface area contributed by atoms with Gasteiger partial charge in [-0.2, -0.15) is 0 Å². The Morgan fingerprint density at radius 1 is 0.905 bits per heavy atom. The summed E-state index contributed by atoms with van der Waals surface area (Å²) in [6.07, 6.45) is 0. The number of benzene rings is 2. The first-order chi connectivity index (χ1) is 10.0. The summed E-state index contributed by atoms with van der Waals surface area (Å²) < 4.78 is 5.64. The van der Waals surface area contributed by atoms with E-state index >= 15 is 0 Å². The first-order valence-corrected chi connectivity index (χ1v) is 7.17. The van der Waals surface area contributed by atoms with Crippen molar-refractivity contribution < 1.29 is 4.74 Å². The fourth-order valence-electron chi connectivity index (χ4n) is 2.74. The standard InChI is InChI=1S/C18H24N2O/c1-11-7-6-8-15(13(11)3)17(20-19)16-10-9-12(2)14(4)18(16)21-5/h6-10,17,20H,19H2,1-5H3. The predicted octanol–water partition coefficient (Wildman–Crippen LogP) is 3.48. The average Bonchev–Trinajstić information content (AvgIpc) is 2.48. The molecule has 0 saturated carbocycles. The van der Waals surface area contributed by atoms with E-state index in [1.807, 2.05) is 0 Å². The van der Waals surface area contributed by atoms with Crippen LogP contribution in [0.2, 0.25) is 0 Å². The Kier molecular flexibility index (Phi) is 4.66. The lowest BCUT2D eigenvalue weighted by atomic mass is 9.90. The molecule has 3 N–H and O–H groups in total. The highest BCUT2D eigenvalue weighted by Crippen LogP contribution is 2.35. The second-order valence-corrected chi connectivity index (χ2v) is 5.52. The first kappa shape index (κ1) is 15.5. The summed E-state index contributed by atoms with van der Waals surface area (Å²) in [4.78, 5) is 0. The van der Waals surface area contributed by atoms with Gasteiger partial charge in [-0.05, 0) is 55.5 Å². The molecule has 3 heteroatoms. The highest BCUT2D eigenvalue weighted by Gasteiger charge is 2.21. The molecule has 0 heterocycles. The molecule has 112 valence electrons. The molecule has 0 fully saturated rings. The molecule has 0 radical (unpaired) electrons. The van der Waals surface area contributed by atoms with Crippen molar-refractivity contribution in [3.05, 3.63) is 63.7 Å². The smallest absolute Gasteiger partial charge is 0.127 e. The lowest BCUT2D eigenvalue weighted by molar-refractivity contribution is 0.400. The van der Waals surface area contributed by atoms with E-state index in [1.54, 1.807) is 7.11 Å². The van der Waals surface area contributed by atoms with Crippen molar-refractivity contribution in [1.29, 1.82) is 0 Å². The molecule has 0 spiro atoms. The zero-order valence-electron chi connectivity index (χ0n) is 13.4. The molecule has 0 aliphatic heterocycles. The van der Waals surface area contributed by atoms with Gasteiger partial charge in [-0.3, -0.25) is 5.84 Å². The number of rotatable bonds is 4. The Bertz CT molecular complexity index is 650. The molecule has 2 rings (SSSR count). The summed E-state index contributed by atoms with van der Waals surface area (Å²) in [5, 5.41) is 0. The second kappa shape index (κ2) is 6.29. The van der Waals surface area contributed by atoms with Crippen LogP contribution in [-0.4, -0.2) is 7.11 Å². The van der Waals surface area contributed by atoms with Gasteiger partial charge in [0.15, 0.2) is 0 Å². The van der Waals surface area contributed by atoms with Crippen LogP contribution in [0.3, 0.4) is 0 Å². The molecule has 2 aromatic rings. The third-order valence-corrected chi connectivity index (χ3v) is 4.35. The normalized spacial score (nSPS) is 12.3. The Morgan fingerprint density at radius 2 is 1.57 bits per heavy atom.